The summed E-state index contributed by atoms with van der Waals surface area (Å²) in [6, 6.07) is 7.71. The number of carboxylic acid groups (broad SMARTS) is 1. The van der Waals surface area contributed by atoms with E-state index in [9.17, 15) is 36.2 Å². The van der Waals surface area contributed by atoms with Gasteiger partial charge >= 0.3 is 18.3 Å². The van der Waals surface area contributed by atoms with Gasteiger partial charge in [-0.05, 0) is 92.7 Å². The molecule has 2 aromatic rings. The Balaban J connectivity index is 1.44. The third-order valence-corrected chi connectivity index (χ3v) is 8.22. The highest BCUT2D eigenvalue weighted by Crippen LogP contribution is 2.44. The number of ether oxygens (including phenoxy) is 1. The van der Waals surface area contributed by atoms with Crippen LogP contribution in [0.3, 0.4) is 0 Å². The molecule has 1 unspecified atom stereocenters. The summed E-state index contributed by atoms with van der Waals surface area (Å²) in [6.07, 6.45) is -6.94. The van der Waals surface area contributed by atoms with Crippen LogP contribution in [0.25, 0.3) is 10.8 Å². The average molecular weight is 546 g/mol. The third-order valence-electron chi connectivity index (χ3n) is 8.22. The van der Waals surface area contributed by atoms with Crippen molar-refractivity contribution in [2.45, 2.75) is 89.3 Å². The van der Waals surface area contributed by atoms with Crippen molar-refractivity contribution in [3.63, 3.8) is 0 Å². The number of fused-ring (bicyclic) bond motifs is 1. The monoisotopic (exact) mass is 545 g/mol. The number of hydrogen-bond donors (Lipinski definition) is 2. The Morgan fingerprint density at radius 3 is 2.21 bits per heavy atom. The minimum atomic E-state index is -4.69. The number of rotatable bonds is 7. The zero-order chi connectivity index (χ0) is 27.7. The lowest BCUT2D eigenvalue weighted by Crippen LogP contribution is -2.36. The van der Waals surface area contributed by atoms with Crippen LogP contribution >= 0.6 is 0 Å². The highest BCUT2D eigenvalue weighted by molar-refractivity contribution is 5.89. The number of carbonyl (C=O) groups is 1. The first kappa shape index (κ1) is 28.5. The van der Waals surface area contributed by atoms with Crippen LogP contribution in [0.2, 0.25) is 0 Å². The van der Waals surface area contributed by atoms with Crippen LogP contribution < -0.4 is 10.1 Å². The maximum atomic E-state index is 14.1. The minimum absolute atomic E-state index is 0.0113. The van der Waals surface area contributed by atoms with Crippen molar-refractivity contribution in [2.75, 3.05) is 0 Å². The summed E-state index contributed by atoms with van der Waals surface area (Å²) in [6.45, 7) is 2.50. The molecule has 0 radical (unpaired) electrons. The topological polar surface area (TPSA) is 58.6 Å². The molecular weight excluding hydrogens is 512 g/mol. The van der Waals surface area contributed by atoms with Crippen LogP contribution in [-0.2, 0) is 17.5 Å². The maximum absolute atomic E-state index is 14.1. The summed E-state index contributed by atoms with van der Waals surface area (Å²) in [7, 11) is 0. The van der Waals surface area contributed by atoms with Crippen molar-refractivity contribution in [1.29, 1.82) is 0 Å². The van der Waals surface area contributed by atoms with Gasteiger partial charge in [0.2, 0.25) is 0 Å². The predicted molar refractivity (Wildman–Crippen MR) is 131 cm³/mol. The van der Waals surface area contributed by atoms with Gasteiger partial charge < -0.3 is 15.2 Å². The summed E-state index contributed by atoms with van der Waals surface area (Å²) in [5, 5.41) is 13.0. The van der Waals surface area contributed by atoms with E-state index in [2.05, 4.69) is 5.32 Å². The van der Waals surface area contributed by atoms with Gasteiger partial charge in [0, 0.05) is 12.6 Å². The Kier molecular flexibility index (Phi) is 8.49. The van der Waals surface area contributed by atoms with Crippen LogP contribution in [0.4, 0.5) is 26.3 Å². The van der Waals surface area contributed by atoms with Gasteiger partial charge in [0.25, 0.3) is 0 Å². The van der Waals surface area contributed by atoms with E-state index in [-0.39, 0.29) is 48.8 Å². The van der Waals surface area contributed by atoms with E-state index in [1.165, 1.54) is 12.1 Å². The molecule has 0 bridgehead atoms. The Hall–Kier alpha value is -2.49. The molecule has 210 valence electrons. The van der Waals surface area contributed by atoms with E-state index in [0.717, 1.165) is 18.4 Å². The number of halogens is 6. The molecule has 10 heteroatoms. The van der Waals surface area contributed by atoms with Gasteiger partial charge in [0.05, 0.1) is 17.9 Å². The lowest BCUT2D eigenvalue weighted by molar-refractivity contribution is -0.185. The molecule has 0 aliphatic heterocycles. The van der Waals surface area contributed by atoms with Crippen LogP contribution in [0, 0.1) is 17.8 Å². The molecule has 0 heterocycles. The van der Waals surface area contributed by atoms with E-state index in [4.69, 9.17) is 4.74 Å². The standard InChI is InChI=1S/C28H33F6NO3/c1-16(18-3-5-19(6-4-18)26(36)37)35-15-17-2-12-23-20(14-17)7-13-24(25(23)28(32,33)34)38-22-10-8-21(9-11-22)27(29,30)31/h2,7,12-14,16,18-19,21-22,35H,3-6,8-11,15H2,1H3,(H,36,37). The van der Waals surface area contributed by atoms with Gasteiger partial charge in [-0.25, -0.2) is 0 Å². The number of benzene rings is 2. The van der Waals surface area contributed by atoms with E-state index in [1.807, 2.05) is 6.92 Å². The van der Waals surface area contributed by atoms with Crippen molar-refractivity contribution < 1.29 is 41.0 Å². The molecule has 2 fully saturated rings. The predicted octanol–water partition coefficient (Wildman–Crippen LogP) is 7.73. The van der Waals surface area contributed by atoms with Crippen LogP contribution in [0.15, 0.2) is 30.3 Å². The van der Waals surface area contributed by atoms with Crippen molar-refractivity contribution >= 4 is 16.7 Å². The Morgan fingerprint density at radius 1 is 0.974 bits per heavy atom. The fourth-order valence-corrected chi connectivity index (χ4v) is 5.86. The first-order valence-electron chi connectivity index (χ1n) is 13.1. The molecule has 4 nitrogen and oxygen atoms in total. The molecule has 0 aromatic heterocycles. The summed E-state index contributed by atoms with van der Waals surface area (Å²) in [5.41, 5.74) is -0.0909. The second-order valence-electron chi connectivity index (χ2n) is 10.7. The fourth-order valence-electron chi connectivity index (χ4n) is 5.86. The normalized spacial score (nSPS) is 25.8. The van der Waals surface area contributed by atoms with Gasteiger partial charge in [-0.2, -0.15) is 26.3 Å². The number of hydrogen-bond acceptors (Lipinski definition) is 3. The fraction of sp³-hybridized carbons (Fsp3) is 0.607. The van der Waals surface area contributed by atoms with Crippen molar-refractivity contribution in [3.05, 3.63) is 41.5 Å². The molecule has 2 saturated carbocycles. The Labute approximate surface area is 217 Å². The smallest absolute Gasteiger partial charge is 0.420 e. The zero-order valence-corrected chi connectivity index (χ0v) is 21.2. The van der Waals surface area contributed by atoms with Gasteiger partial charge in [-0.15, -0.1) is 0 Å². The molecular formula is C28H33F6NO3. The lowest BCUT2D eigenvalue weighted by atomic mass is 9.79. The molecule has 2 N–H and O–H groups in total. The first-order valence-corrected chi connectivity index (χ1v) is 13.1. The van der Waals surface area contributed by atoms with Crippen molar-refractivity contribution in [2.24, 2.45) is 17.8 Å². The molecule has 0 saturated heterocycles. The number of aliphatic carboxylic acids is 1. The highest BCUT2D eigenvalue weighted by atomic mass is 19.4. The summed E-state index contributed by atoms with van der Waals surface area (Å²) < 4.78 is 86.8. The second kappa shape index (κ2) is 11.3. The summed E-state index contributed by atoms with van der Waals surface area (Å²) in [5.74, 6) is -2.48. The highest BCUT2D eigenvalue weighted by Gasteiger charge is 2.43. The minimum Gasteiger partial charge on any atom is -0.490 e. The van der Waals surface area contributed by atoms with Gasteiger partial charge in [-0.3, -0.25) is 4.79 Å². The Bertz CT molecular complexity index is 1120. The van der Waals surface area contributed by atoms with Crippen LogP contribution in [0.5, 0.6) is 5.75 Å². The molecule has 38 heavy (non-hydrogen) atoms. The number of alkyl halides is 6. The van der Waals surface area contributed by atoms with Crippen molar-refractivity contribution in [1.82, 2.24) is 5.32 Å². The number of nitrogens with one attached hydrogen (secondary N) is 1. The van der Waals surface area contributed by atoms with Crippen LogP contribution in [0.1, 0.15) is 69.4 Å². The zero-order valence-electron chi connectivity index (χ0n) is 21.2. The molecule has 2 aliphatic carbocycles. The van der Waals surface area contributed by atoms with E-state index in [0.29, 0.717) is 30.7 Å². The summed E-state index contributed by atoms with van der Waals surface area (Å²) in [4.78, 5) is 11.2. The second-order valence-corrected chi connectivity index (χ2v) is 10.7. The molecule has 2 aromatic carbocycles. The van der Waals surface area contributed by atoms with E-state index in [1.54, 1.807) is 18.2 Å². The van der Waals surface area contributed by atoms with E-state index < -0.39 is 35.9 Å². The molecule has 0 amide bonds. The van der Waals surface area contributed by atoms with Crippen molar-refractivity contribution in [3.8, 4) is 5.75 Å². The maximum Gasteiger partial charge on any atom is 0.420 e. The first-order chi connectivity index (χ1) is 17.8. The number of carboxylic acids is 1. The Morgan fingerprint density at radius 2 is 1.63 bits per heavy atom. The molecule has 4 rings (SSSR count). The molecule has 1 atom stereocenters. The molecule has 0 spiro atoms. The largest absolute Gasteiger partial charge is 0.490 e. The summed E-state index contributed by atoms with van der Waals surface area (Å²) >= 11 is 0. The van der Waals surface area contributed by atoms with Crippen LogP contribution in [-0.4, -0.2) is 29.4 Å². The SMILES string of the molecule is CC(NCc1ccc2c(C(F)(F)F)c(OC3CCC(C(F)(F)F)CC3)ccc2c1)C1CCC(C(=O)O)CC1. The van der Waals surface area contributed by atoms with Gasteiger partial charge in [-0.1, -0.05) is 18.2 Å². The molecule has 2 aliphatic rings. The van der Waals surface area contributed by atoms with Gasteiger partial charge in [0.15, 0.2) is 0 Å². The third kappa shape index (κ3) is 6.74. The lowest BCUT2D eigenvalue weighted by Gasteiger charge is -2.31. The average Bonchev–Trinajstić information content (AvgIpc) is 2.86. The van der Waals surface area contributed by atoms with Gasteiger partial charge in [0.1, 0.15) is 11.3 Å². The quantitative estimate of drug-likeness (QED) is 0.350. The van der Waals surface area contributed by atoms with E-state index >= 15 is 0 Å².